The first-order chi connectivity index (χ1) is 12.3. The van der Waals surface area contributed by atoms with E-state index in [4.69, 9.17) is 0 Å². The molecule has 3 rings (SSSR count). The van der Waals surface area contributed by atoms with E-state index < -0.39 is 8.07 Å². The van der Waals surface area contributed by atoms with E-state index in [0.717, 1.165) is 12.5 Å². The molecule has 0 saturated heterocycles. The van der Waals surface area contributed by atoms with Crippen LogP contribution in [0.4, 0.5) is 0 Å². The van der Waals surface area contributed by atoms with Gasteiger partial charge in [-0.2, -0.15) is 0 Å². The zero-order valence-corrected chi connectivity index (χ0v) is 19.5. The highest BCUT2D eigenvalue weighted by atomic mass is 79.9. The summed E-state index contributed by atoms with van der Waals surface area (Å²) in [4.78, 5) is 0. The van der Waals surface area contributed by atoms with Crippen LogP contribution in [0.1, 0.15) is 39.5 Å². The number of nitrogens with zero attached hydrogens (tertiary/aromatic N) is 1. The lowest BCUT2D eigenvalue weighted by Gasteiger charge is -2.19. The van der Waals surface area contributed by atoms with Gasteiger partial charge in [0.05, 0.1) is 8.07 Å². The summed E-state index contributed by atoms with van der Waals surface area (Å²) in [6.45, 7) is 13.1. The van der Waals surface area contributed by atoms with E-state index in [0.29, 0.717) is 0 Å². The number of aromatic nitrogens is 1. The molecule has 140 valence electrons. The SMILES string of the molecule is CCCCC(CC)Cn1c2ccc(Br)cc2c2cc([Si](C)(C)C)ccc21. The third-order valence-electron chi connectivity index (χ3n) is 5.68. The number of unbranched alkanes of at least 4 members (excludes halogenated alkanes) is 1. The van der Waals surface area contributed by atoms with Crippen molar-refractivity contribution in [1.82, 2.24) is 4.57 Å². The highest BCUT2D eigenvalue weighted by Crippen LogP contribution is 2.32. The average molecular weight is 431 g/mol. The van der Waals surface area contributed by atoms with Crippen molar-refractivity contribution in [1.29, 1.82) is 0 Å². The van der Waals surface area contributed by atoms with Crippen LogP contribution < -0.4 is 5.19 Å². The topological polar surface area (TPSA) is 4.93 Å². The maximum absolute atomic E-state index is 3.68. The van der Waals surface area contributed by atoms with Crippen LogP contribution in [0.15, 0.2) is 40.9 Å². The minimum Gasteiger partial charge on any atom is -0.340 e. The Balaban J connectivity index is 2.17. The molecule has 1 nitrogen and oxygen atoms in total. The Morgan fingerprint density at radius 1 is 0.962 bits per heavy atom. The summed E-state index contributed by atoms with van der Waals surface area (Å²) >= 11 is 3.68. The van der Waals surface area contributed by atoms with Crippen LogP contribution in [0, 0.1) is 5.92 Å². The van der Waals surface area contributed by atoms with E-state index in [1.165, 1.54) is 52.0 Å². The minimum atomic E-state index is -1.32. The van der Waals surface area contributed by atoms with E-state index in [1.54, 1.807) is 5.19 Å². The van der Waals surface area contributed by atoms with Gasteiger partial charge >= 0.3 is 0 Å². The van der Waals surface area contributed by atoms with E-state index in [-0.39, 0.29) is 0 Å². The summed E-state index contributed by atoms with van der Waals surface area (Å²) in [6, 6.07) is 14.0. The van der Waals surface area contributed by atoms with Gasteiger partial charge in [-0.3, -0.25) is 0 Å². The largest absolute Gasteiger partial charge is 0.340 e. The fourth-order valence-electron chi connectivity index (χ4n) is 3.91. The summed E-state index contributed by atoms with van der Waals surface area (Å²) < 4.78 is 3.75. The van der Waals surface area contributed by atoms with Gasteiger partial charge in [-0.1, -0.05) is 86.0 Å². The van der Waals surface area contributed by atoms with Gasteiger partial charge in [0.2, 0.25) is 0 Å². The molecular formula is C23H32BrNSi. The van der Waals surface area contributed by atoms with E-state index in [1.807, 2.05) is 0 Å². The summed E-state index contributed by atoms with van der Waals surface area (Å²) in [7, 11) is -1.32. The molecule has 26 heavy (non-hydrogen) atoms. The summed E-state index contributed by atoms with van der Waals surface area (Å²) in [6.07, 6.45) is 5.21. The molecule has 1 unspecified atom stereocenters. The zero-order valence-electron chi connectivity index (χ0n) is 16.9. The second-order valence-electron chi connectivity index (χ2n) is 8.67. The third kappa shape index (κ3) is 3.94. The highest BCUT2D eigenvalue weighted by molar-refractivity contribution is 9.10. The smallest absolute Gasteiger partial charge is 0.0776 e. The molecule has 0 bridgehead atoms. The van der Waals surface area contributed by atoms with Gasteiger partial charge in [0.1, 0.15) is 0 Å². The van der Waals surface area contributed by atoms with E-state index in [2.05, 4.69) is 90.4 Å². The van der Waals surface area contributed by atoms with Crippen molar-refractivity contribution in [2.45, 2.75) is 65.7 Å². The Labute approximate surface area is 167 Å². The molecule has 0 aliphatic carbocycles. The zero-order chi connectivity index (χ0) is 18.9. The molecule has 3 heteroatoms. The molecule has 3 aromatic rings. The first-order valence-electron chi connectivity index (χ1n) is 10.1. The Hall–Kier alpha value is -1.06. The van der Waals surface area contributed by atoms with Crippen molar-refractivity contribution in [2.24, 2.45) is 5.92 Å². The molecule has 1 heterocycles. The molecule has 0 aliphatic rings. The normalized spacial score (nSPS) is 13.6. The van der Waals surface area contributed by atoms with Crippen LogP contribution in [-0.2, 0) is 6.54 Å². The number of rotatable bonds is 7. The molecule has 0 saturated carbocycles. The highest BCUT2D eigenvalue weighted by Gasteiger charge is 2.20. The minimum absolute atomic E-state index is 0.758. The van der Waals surface area contributed by atoms with Crippen molar-refractivity contribution in [2.75, 3.05) is 0 Å². The van der Waals surface area contributed by atoms with Crippen molar-refractivity contribution in [3.05, 3.63) is 40.9 Å². The third-order valence-corrected chi connectivity index (χ3v) is 8.21. The van der Waals surface area contributed by atoms with Gasteiger partial charge in [-0.05, 0) is 36.6 Å². The molecule has 1 aromatic heterocycles. The molecular weight excluding hydrogens is 398 g/mol. The predicted molar refractivity (Wildman–Crippen MR) is 123 cm³/mol. The van der Waals surface area contributed by atoms with Crippen molar-refractivity contribution in [3.63, 3.8) is 0 Å². The lowest BCUT2D eigenvalue weighted by molar-refractivity contribution is 0.401. The molecule has 0 fully saturated rings. The molecule has 2 aromatic carbocycles. The van der Waals surface area contributed by atoms with Crippen LogP contribution in [0.2, 0.25) is 19.6 Å². The van der Waals surface area contributed by atoms with Crippen LogP contribution in [0.3, 0.4) is 0 Å². The van der Waals surface area contributed by atoms with E-state index >= 15 is 0 Å². The first kappa shape index (κ1) is 19.7. The maximum Gasteiger partial charge on any atom is 0.0776 e. The fraction of sp³-hybridized carbons (Fsp3) is 0.478. The number of halogens is 1. The molecule has 0 amide bonds. The van der Waals surface area contributed by atoms with E-state index in [9.17, 15) is 0 Å². The Kier molecular flexibility index (Phi) is 5.98. The van der Waals surface area contributed by atoms with Gasteiger partial charge in [0, 0.05) is 32.8 Å². The Morgan fingerprint density at radius 3 is 2.23 bits per heavy atom. The fourth-order valence-corrected chi connectivity index (χ4v) is 5.44. The second kappa shape index (κ2) is 7.90. The monoisotopic (exact) mass is 429 g/mol. The predicted octanol–water partition coefficient (Wildman–Crippen LogP) is 7.32. The number of hydrogen-bond donors (Lipinski definition) is 0. The van der Waals surface area contributed by atoms with Gasteiger partial charge in [-0.25, -0.2) is 0 Å². The van der Waals surface area contributed by atoms with Crippen molar-refractivity contribution in [3.8, 4) is 0 Å². The van der Waals surface area contributed by atoms with Crippen molar-refractivity contribution >= 4 is 51.0 Å². The quantitative estimate of drug-likeness (QED) is 0.346. The molecule has 0 radical (unpaired) electrons. The van der Waals surface area contributed by atoms with Gasteiger partial charge < -0.3 is 4.57 Å². The summed E-state index contributed by atoms with van der Waals surface area (Å²) in [5.74, 6) is 0.758. The number of hydrogen-bond acceptors (Lipinski definition) is 0. The molecule has 1 atom stereocenters. The van der Waals surface area contributed by atoms with Gasteiger partial charge in [0.15, 0.2) is 0 Å². The maximum atomic E-state index is 3.68. The van der Waals surface area contributed by atoms with Crippen molar-refractivity contribution < 1.29 is 0 Å². The first-order valence-corrected chi connectivity index (χ1v) is 14.4. The summed E-state index contributed by atoms with van der Waals surface area (Å²) in [5, 5.41) is 4.36. The number of fused-ring (bicyclic) bond motifs is 3. The number of benzene rings is 2. The Morgan fingerprint density at radius 2 is 1.62 bits per heavy atom. The molecule has 0 N–H and O–H groups in total. The molecule has 0 aliphatic heterocycles. The molecule has 0 spiro atoms. The van der Waals surface area contributed by atoms with Gasteiger partial charge in [-0.15, -0.1) is 0 Å². The standard InChI is InChI=1S/C23H32BrNSi/c1-6-8-9-17(7-2)16-25-22-12-10-18(24)14-20(22)21-15-19(26(3,4)5)11-13-23(21)25/h10-15,17H,6-9,16H2,1-5H3. The second-order valence-corrected chi connectivity index (χ2v) is 14.7. The lowest BCUT2D eigenvalue weighted by atomic mass is 9.99. The van der Waals surface area contributed by atoms with Crippen LogP contribution >= 0.6 is 15.9 Å². The van der Waals surface area contributed by atoms with Crippen LogP contribution in [0.5, 0.6) is 0 Å². The summed E-state index contributed by atoms with van der Waals surface area (Å²) in [5.41, 5.74) is 2.78. The lowest BCUT2D eigenvalue weighted by Crippen LogP contribution is -2.37. The van der Waals surface area contributed by atoms with Crippen LogP contribution in [-0.4, -0.2) is 12.6 Å². The van der Waals surface area contributed by atoms with Crippen LogP contribution in [0.25, 0.3) is 21.8 Å². The average Bonchev–Trinajstić information content (AvgIpc) is 2.90. The van der Waals surface area contributed by atoms with Gasteiger partial charge in [0.25, 0.3) is 0 Å². The Bertz CT molecular complexity index is 904.